The Labute approximate surface area is 133 Å². The van der Waals surface area contributed by atoms with Crippen LogP contribution in [0.4, 0.5) is 13.2 Å². The molecule has 0 radical (unpaired) electrons. The van der Waals surface area contributed by atoms with Crippen LogP contribution in [0, 0.1) is 5.92 Å². The largest absolute Gasteiger partial charge is 0.401 e. The van der Waals surface area contributed by atoms with Gasteiger partial charge in [0.05, 0.1) is 25.1 Å². The van der Waals surface area contributed by atoms with Crippen molar-refractivity contribution in [3.8, 4) is 0 Å². The molecule has 1 fully saturated rings. The van der Waals surface area contributed by atoms with Gasteiger partial charge in [-0.05, 0) is 24.9 Å². The number of aliphatic hydroxyl groups excluding tert-OH is 1. The number of alkyl halides is 3. The monoisotopic (exact) mass is 330 g/mol. The Morgan fingerprint density at radius 2 is 2.04 bits per heavy atom. The van der Waals surface area contributed by atoms with E-state index < -0.39 is 24.7 Å². The van der Waals surface area contributed by atoms with E-state index >= 15 is 0 Å². The van der Waals surface area contributed by atoms with Crippen molar-refractivity contribution >= 4 is 5.91 Å². The summed E-state index contributed by atoms with van der Waals surface area (Å²) in [6, 6.07) is 8.47. The van der Waals surface area contributed by atoms with Crippen LogP contribution in [0.25, 0.3) is 0 Å². The highest BCUT2D eigenvalue weighted by atomic mass is 19.4. The van der Waals surface area contributed by atoms with Gasteiger partial charge < -0.3 is 10.4 Å². The third kappa shape index (κ3) is 5.51. The molecular formula is C16H21F3N2O2. The van der Waals surface area contributed by atoms with Crippen molar-refractivity contribution in [3.05, 3.63) is 35.9 Å². The van der Waals surface area contributed by atoms with E-state index in [1.807, 2.05) is 6.07 Å². The van der Waals surface area contributed by atoms with Crippen LogP contribution in [0.15, 0.2) is 30.3 Å². The second kappa shape index (κ2) is 7.79. The summed E-state index contributed by atoms with van der Waals surface area (Å²) in [6.45, 7) is -0.794. The van der Waals surface area contributed by atoms with Crippen LogP contribution in [0.5, 0.6) is 0 Å². The number of nitrogens with zero attached hydrogens (tertiary/aromatic N) is 1. The van der Waals surface area contributed by atoms with E-state index in [0.717, 1.165) is 5.56 Å². The van der Waals surface area contributed by atoms with E-state index in [0.29, 0.717) is 19.4 Å². The molecule has 2 atom stereocenters. The van der Waals surface area contributed by atoms with Crippen LogP contribution in [-0.2, 0) is 4.79 Å². The molecule has 23 heavy (non-hydrogen) atoms. The molecule has 1 aliphatic heterocycles. The fourth-order valence-electron chi connectivity index (χ4n) is 2.88. The lowest BCUT2D eigenvalue weighted by Crippen LogP contribution is -2.47. The quantitative estimate of drug-likeness (QED) is 0.869. The zero-order valence-corrected chi connectivity index (χ0v) is 12.7. The van der Waals surface area contributed by atoms with Gasteiger partial charge in [0.2, 0.25) is 5.91 Å². The zero-order valence-electron chi connectivity index (χ0n) is 12.7. The predicted octanol–water partition coefficient (Wildman–Crippen LogP) is 2.11. The second-order valence-electron chi connectivity index (χ2n) is 5.84. The summed E-state index contributed by atoms with van der Waals surface area (Å²) < 4.78 is 37.4. The van der Waals surface area contributed by atoms with Crippen molar-refractivity contribution in [2.24, 2.45) is 5.92 Å². The van der Waals surface area contributed by atoms with E-state index in [-0.39, 0.29) is 19.1 Å². The average molecular weight is 330 g/mol. The van der Waals surface area contributed by atoms with Crippen LogP contribution in [0.3, 0.4) is 0 Å². The SMILES string of the molecule is O=C(N[C@H](CO)c1ccccc1)[C@H]1CCCN(CC(F)(F)F)C1. The molecule has 1 heterocycles. The highest BCUT2D eigenvalue weighted by Gasteiger charge is 2.35. The maximum atomic E-state index is 12.5. The van der Waals surface area contributed by atoms with Crippen molar-refractivity contribution in [1.82, 2.24) is 10.2 Å². The van der Waals surface area contributed by atoms with Gasteiger partial charge in [0.1, 0.15) is 0 Å². The maximum Gasteiger partial charge on any atom is 0.401 e. The molecule has 0 spiro atoms. The Hall–Kier alpha value is -1.60. The lowest BCUT2D eigenvalue weighted by molar-refractivity contribution is -0.152. The van der Waals surface area contributed by atoms with Gasteiger partial charge in [-0.15, -0.1) is 0 Å². The topological polar surface area (TPSA) is 52.6 Å². The molecule has 128 valence electrons. The highest BCUT2D eigenvalue weighted by molar-refractivity contribution is 5.79. The molecule has 0 aromatic heterocycles. The number of carbonyl (C=O) groups is 1. The van der Waals surface area contributed by atoms with Gasteiger partial charge in [0, 0.05) is 6.54 Å². The Balaban J connectivity index is 1.94. The summed E-state index contributed by atoms with van der Waals surface area (Å²) in [5.74, 6) is -0.788. The van der Waals surface area contributed by atoms with E-state index in [9.17, 15) is 23.1 Å². The summed E-state index contributed by atoms with van der Waals surface area (Å²) in [5.41, 5.74) is 0.770. The van der Waals surface area contributed by atoms with Gasteiger partial charge in [-0.1, -0.05) is 30.3 Å². The Morgan fingerprint density at radius 3 is 2.65 bits per heavy atom. The number of hydrogen-bond acceptors (Lipinski definition) is 3. The third-order valence-corrected chi connectivity index (χ3v) is 3.98. The van der Waals surface area contributed by atoms with Crippen LogP contribution in [0.1, 0.15) is 24.4 Å². The van der Waals surface area contributed by atoms with Crippen molar-refractivity contribution in [1.29, 1.82) is 0 Å². The summed E-state index contributed by atoms with van der Waals surface area (Å²) in [5, 5.41) is 12.2. The van der Waals surface area contributed by atoms with Gasteiger partial charge in [-0.25, -0.2) is 0 Å². The van der Waals surface area contributed by atoms with Gasteiger partial charge in [-0.3, -0.25) is 9.69 Å². The molecule has 0 saturated carbocycles. The average Bonchev–Trinajstić information content (AvgIpc) is 2.52. The Morgan fingerprint density at radius 1 is 1.35 bits per heavy atom. The summed E-state index contributed by atoms with van der Waals surface area (Å²) in [4.78, 5) is 13.6. The van der Waals surface area contributed by atoms with Gasteiger partial charge in [0.25, 0.3) is 0 Å². The molecule has 0 unspecified atom stereocenters. The number of rotatable bonds is 5. The zero-order chi connectivity index (χ0) is 16.9. The number of carbonyl (C=O) groups excluding carboxylic acids is 1. The fourth-order valence-corrected chi connectivity index (χ4v) is 2.88. The molecule has 1 aromatic rings. The summed E-state index contributed by atoms with van der Waals surface area (Å²) >= 11 is 0. The maximum absolute atomic E-state index is 12.5. The van der Waals surface area contributed by atoms with Gasteiger partial charge in [0.15, 0.2) is 0 Å². The number of nitrogens with one attached hydrogen (secondary N) is 1. The molecule has 2 rings (SSSR count). The number of likely N-dealkylation sites (tertiary alicyclic amines) is 1. The fraction of sp³-hybridized carbons (Fsp3) is 0.562. The smallest absolute Gasteiger partial charge is 0.394 e. The first-order valence-electron chi connectivity index (χ1n) is 7.64. The Kier molecular flexibility index (Phi) is 6.01. The highest BCUT2D eigenvalue weighted by Crippen LogP contribution is 2.23. The van der Waals surface area contributed by atoms with E-state index in [2.05, 4.69) is 5.32 Å². The number of amides is 1. The van der Waals surface area contributed by atoms with Gasteiger partial charge >= 0.3 is 6.18 Å². The standard InChI is InChI=1S/C16H21F3N2O2/c17-16(18,19)11-21-8-4-7-13(9-21)15(23)20-14(10-22)12-5-2-1-3-6-12/h1-3,5-6,13-14,22H,4,7-11H2,(H,20,23)/t13-,14+/m0/s1. The lowest BCUT2D eigenvalue weighted by atomic mass is 9.96. The molecule has 2 N–H and O–H groups in total. The molecule has 0 aliphatic carbocycles. The molecule has 4 nitrogen and oxygen atoms in total. The minimum Gasteiger partial charge on any atom is -0.394 e. The minimum atomic E-state index is -4.25. The number of piperidine rings is 1. The van der Waals surface area contributed by atoms with Crippen molar-refractivity contribution < 1.29 is 23.1 Å². The first-order valence-corrected chi connectivity index (χ1v) is 7.64. The first-order chi connectivity index (χ1) is 10.9. The minimum absolute atomic E-state index is 0.0955. The van der Waals surface area contributed by atoms with Crippen molar-refractivity contribution in [2.45, 2.75) is 25.1 Å². The lowest BCUT2D eigenvalue weighted by Gasteiger charge is -2.33. The van der Waals surface area contributed by atoms with Crippen LogP contribution < -0.4 is 5.32 Å². The number of aliphatic hydroxyl groups is 1. The van der Waals surface area contributed by atoms with Crippen molar-refractivity contribution in [3.63, 3.8) is 0 Å². The molecular weight excluding hydrogens is 309 g/mol. The molecule has 1 aliphatic rings. The molecule has 0 bridgehead atoms. The predicted molar refractivity (Wildman–Crippen MR) is 79.6 cm³/mol. The third-order valence-electron chi connectivity index (χ3n) is 3.98. The van der Waals surface area contributed by atoms with E-state index in [1.54, 1.807) is 24.3 Å². The van der Waals surface area contributed by atoms with Gasteiger partial charge in [-0.2, -0.15) is 13.2 Å². The normalized spacial score (nSPS) is 21.0. The number of benzene rings is 1. The number of hydrogen-bond donors (Lipinski definition) is 2. The van der Waals surface area contributed by atoms with Crippen molar-refractivity contribution in [2.75, 3.05) is 26.2 Å². The second-order valence-corrected chi connectivity index (χ2v) is 5.84. The first kappa shape index (κ1) is 17.7. The van der Waals surface area contributed by atoms with Crippen LogP contribution in [0.2, 0.25) is 0 Å². The molecule has 7 heteroatoms. The molecule has 1 saturated heterocycles. The van der Waals surface area contributed by atoms with Crippen LogP contribution in [-0.4, -0.2) is 48.3 Å². The summed E-state index contributed by atoms with van der Waals surface area (Å²) in [7, 11) is 0. The van der Waals surface area contributed by atoms with Crippen LogP contribution >= 0.6 is 0 Å². The van der Waals surface area contributed by atoms with E-state index in [4.69, 9.17) is 0 Å². The molecule has 1 amide bonds. The Bertz CT molecular complexity index is 508. The summed E-state index contributed by atoms with van der Waals surface area (Å²) in [6.07, 6.45) is -3.13. The van der Waals surface area contributed by atoms with E-state index in [1.165, 1.54) is 4.90 Å². The number of halogens is 3. The molecule has 1 aromatic carbocycles.